The lowest BCUT2D eigenvalue weighted by Gasteiger charge is -2.19. The number of rotatable bonds is 16. The number of hydrogen-bond acceptors (Lipinski definition) is 17. The summed E-state index contributed by atoms with van der Waals surface area (Å²) in [5.74, 6) is -1.36. The van der Waals surface area contributed by atoms with Crippen molar-refractivity contribution in [2.45, 2.75) is 18.0 Å². The van der Waals surface area contributed by atoms with Crippen molar-refractivity contribution in [3.63, 3.8) is 0 Å². The van der Waals surface area contributed by atoms with E-state index >= 15 is 0 Å². The number of para-hydroxylation sites is 1. The Morgan fingerprint density at radius 3 is 2.42 bits per heavy atom. The van der Waals surface area contributed by atoms with E-state index in [1.54, 1.807) is 30.3 Å². The summed E-state index contributed by atoms with van der Waals surface area (Å²) in [6.45, 7) is 0.675. The van der Waals surface area contributed by atoms with Crippen molar-refractivity contribution in [2.24, 2.45) is 0 Å². The zero-order valence-electron chi connectivity index (χ0n) is 28.3. The van der Waals surface area contributed by atoms with Crippen LogP contribution < -0.4 is 42.8 Å². The number of esters is 2. The third kappa shape index (κ3) is 7.82. The van der Waals surface area contributed by atoms with E-state index in [-0.39, 0.29) is 102 Å². The number of carbonyl (C=O) groups is 3. The van der Waals surface area contributed by atoms with Gasteiger partial charge in [0.1, 0.15) is 25.0 Å². The van der Waals surface area contributed by atoms with E-state index < -0.39 is 40.0 Å². The van der Waals surface area contributed by atoms with Gasteiger partial charge in [-0.15, -0.1) is 0 Å². The number of fused-ring (bicyclic) bond motifs is 2. The molecule has 2 aliphatic rings. The van der Waals surface area contributed by atoms with E-state index in [4.69, 9.17) is 46.8 Å². The zero-order chi connectivity index (χ0) is 37.5. The molecule has 0 saturated heterocycles. The van der Waals surface area contributed by atoms with E-state index in [1.807, 2.05) is 0 Å². The van der Waals surface area contributed by atoms with Crippen molar-refractivity contribution in [2.75, 3.05) is 54.2 Å². The Kier molecular flexibility index (Phi) is 11.3. The molecule has 0 spiro atoms. The molecular formula is C33H31N3O16S. The molecule has 4 aromatic rings. The van der Waals surface area contributed by atoms with Crippen molar-refractivity contribution >= 4 is 28.9 Å². The van der Waals surface area contributed by atoms with Gasteiger partial charge in [0.15, 0.2) is 23.0 Å². The molecule has 53 heavy (non-hydrogen) atoms. The lowest BCUT2D eigenvalue weighted by atomic mass is 9.91. The van der Waals surface area contributed by atoms with Gasteiger partial charge in [0.25, 0.3) is 17.0 Å². The number of hydrogen-bond donors (Lipinski definition) is 1. The topological polar surface area (TPSA) is 226 Å². The molecule has 1 N–H and O–H groups in total. The molecule has 20 heteroatoms. The van der Waals surface area contributed by atoms with Crippen LogP contribution in [0.15, 0.2) is 58.2 Å². The predicted octanol–water partition coefficient (Wildman–Crippen LogP) is 2.09. The second kappa shape index (κ2) is 16.4. The second-order valence-electron chi connectivity index (χ2n) is 10.8. The van der Waals surface area contributed by atoms with Crippen molar-refractivity contribution in [3.8, 4) is 51.5 Å². The van der Waals surface area contributed by atoms with Gasteiger partial charge in [-0.2, -0.15) is 0 Å². The van der Waals surface area contributed by atoms with Gasteiger partial charge in [-0.3, -0.25) is 9.42 Å². The summed E-state index contributed by atoms with van der Waals surface area (Å²) in [6, 6.07) is 11.4. The van der Waals surface area contributed by atoms with Crippen LogP contribution in [0.25, 0.3) is 11.1 Å². The molecule has 2 atom stereocenters. The smallest absolute Gasteiger partial charge is 0.415 e. The number of ether oxygens (including phenoxy) is 9. The molecule has 0 bridgehead atoms. The number of nitrogens with one attached hydrogen (secondary N) is 1. The van der Waals surface area contributed by atoms with E-state index in [9.17, 15) is 23.8 Å². The van der Waals surface area contributed by atoms with Gasteiger partial charge >= 0.3 is 22.8 Å². The number of nitrogens with zero attached hydrogens (tertiary/aromatic N) is 2. The summed E-state index contributed by atoms with van der Waals surface area (Å²) in [4.78, 5) is 39.4. The molecule has 0 fully saturated rings. The first-order valence-corrected chi connectivity index (χ1v) is 16.7. The molecule has 280 valence electrons. The lowest BCUT2D eigenvalue weighted by Crippen LogP contribution is -2.40. The Morgan fingerprint density at radius 2 is 1.64 bits per heavy atom. The van der Waals surface area contributed by atoms with Gasteiger partial charge in [0.05, 0.1) is 43.7 Å². The van der Waals surface area contributed by atoms with Gasteiger partial charge in [0.2, 0.25) is 19.3 Å². The summed E-state index contributed by atoms with van der Waals surface area (Å²) < 4.78 is 71.3. The zero-order valence-corrected chi connectivity index (χ0v) is 29.1. The minimum absolute atomic E-state index is 0.00744. The minimum atomic E-state index is -2.28. The van der Waals surface area contributed by atoms with Crippen molar-refractivity contribution in [3.05, 3.63) is 64.9 Å². The lowest BCUT2D eigenvalue weighted by molar-refractivity contribution is -0.832. The number of amides is 1. The van der Waals surface area contributed by atoms with Crippen LogP contribution in [0.2, 0.25) is 0 Å². The molecule has 19 nitrogen and oxygen atoms in total. The molecule has 0 radical (unpaired) electrons. The molecule has 1 amide bonds. The average molecular weight is 758 g/mol. The van der Waals surface area contributed by atoms with Gasteiger partial charge in [-0.25, -0.2) is 13.8 Å². The summed E-state index contributed by atoms with van der Waals surface area (Å²) in [6.07, 6.45) is 0. The highest BCUT2D eigenvalue weighted by Crippen LogP contribution is 2.54. The Morgan fingerprint density at radius 1 is 0.925 bits per heavy atom. The fourth-order valence-corrected chi connectivity index (χ4v) is 5.89. The molecule has 6 rings (SSSR count). The highest BCUT2D eigenvalue weighted by Gasteiger charge is 2.36. The molecule has 2 aliphatic heterocycles. The van der Waals surface area contributed by atoms with Crippen LogP contribution in [0.5, 0.6) is 40.4 Å². The summed E-state index contributed by atoms with van der Waals surface area (Å²) in [5.41, 5.74) is 0.275. The quantitative estimate of drug-likeness (QED) is 0.0981. The third-order valence-electron chi connectivity index (χ3n) is 7.53. The van der Waals surface area contributed by atoms with E-state index in [2.05, 4.69) is 15.1 Å². The molecule has 2 unspecified atom stereocenters. The maximum absolute atomic E-state index is 13.7. The van der Waals surface area contributed by atoms with Gasteiger partial charge in [-0.05, 0) is 42.2 Å². The second-order valence-corrected chi connectivity index (χ2v) is 11.8. The standard InChI is InChI=1S/C33H31N3O16S/c1-18(32(38)46-14-12-44-11-13-45-30-31(36(40)52-35-30)53(41)51-19-7-5-4-6-8-19)34-29(37)20-9-10-22-26(48-16-47-22)24(20)25-21(33(39)43-3)15-23(42-2)27-28(25)50-17-49-27/h4-10,15,18H,11-14,16-17H2,1-3H3,(H,34,37). The highest BCUT2D eigenvalue weighted by atomic mass is 32.2. The van der Waals surface area contributed by atoms with Crippen molar-refractivity contribution in [1.82, 2.24) is 10.5 Å². The van der Waals surface area contributed by atoms with Gasteiger partial charge < -0.3 is 57.3 Å². The van der Waals surface area contributed by atoms with Crippen LogP contribution in [0.4, 0.5) is 0 Å². The van der Waals surface area contributed by atoms with E-state index in [1.165, 1.54) is 39.3 Å². The first-order chi connectivity index (χ1) is 25.7. The van der Waals surface area contributed by atoms with Crippen molar-refractivity contribution in [1.29, 1.82) is 0 Å². The Hall–Kier alpha value is -6.28. The van der Waals surface area contributed by atoms with Crippen LogP contribution in [0.3, 0.4) is 0 Å². The average Bonchev–Trinajstić information content (AvgIpc) is 3.93. The van der Waals surface area contributed by atoms with E-state index in [0.29, 0.717) is 5.75 Å². The molecule has 0 saturated carbocycles. The fourth-order valence-electron chi connectivity index (χ4n) is 5.13. The van der Waals surface area contributed by atoms with Crippen LogP contribution in [-0.4, -0.2) is 87.5 Å². The third-order valence-corrected chi connectivity index (χ3v) is 8.51. The molecule has 0 aliphatic carbocycles. The normalized spacial score (nSPS) is 13.5. The van der Waals surface area contributed by atoms with Crippen molar-refractivity contribution < 1.29 is 74.9 Å². The number of benzene rings is 3. The minimum Gasteiger partial charge on any atom is -0.493 e. The summed E-state index contributed by atoms with van der Waals surface area (Å²) in [7, 11) is 2.59. The van der Waals surface area contributed by atoms with Crippen LogP contribution >= 0.6 is 0 Å². The Balaban J connectivity index is 1.05. The molecule has 3 aromatic carbocycles. The van der Waals surface area contributed by atoms with Crippen LogP contribution in [-0.2, 0) is 30.1 Å². The number of carbonyl (C=O) groups excluding carboxylic acids is 3. The van der Waals surface area contributed by atoms with Crippen LogP contribution in [0, 0.1) is 5.21 Å². The SMILES string of the molecule is COC(=O)c1cc(OC)c2c(c1-c1c(C(=O)NC(C)C(=O)OCCOCCOc3no[n+]([O-])c3S(=O)Oc3ccccc3)ccc3c1OCO3)OCO2. The fraction of sp³-hybridized carbons (Fsp3) is 0.303. The van der Waals surface area contributed by atoms with Gasteiger partial charge in [-0.1, -0.05) is 18.2 Å². The van der Waals surface area contributed by atoms with Gasteiger partial charge in [0, 0.05) is 11.1 Å². The summed E-state index contributed by atoms with van der Waals surface area (Å²) in [5, 5.41) is 17.5. The molecule has 1 aromatic heterocycles. The predicted molar refractivity (Wildman–Crippen MR) is 175 cm³/mol. The highest BCUT2D eigenvalue weighted by molar-refractivity contribution is 7.80. The molecular weight excluding hydrogens is 726 g/mol. The van der Waals surface area contributed by atoms with E-state index in [0.717, 1.165) is 0 Å². The first kappa shape index (κ1) is 36.5. The maximum atomic E-state index is 13.7. The first-order valence-electron chi connectivity index (χ1n) is 15.7. The van der Waals surface area contributed by atoms with Crippen LogP contribution in [0.1, 0.15) is 27.6 Å². The Labute approximate surface area is 302 Å². The molecule has 3 heterocycles. The number of methoxy groups -OCH3 is 2. The summed E-state index contributed by atoms with van der Waals surface area (Å²) >= 11 is -2.28. The Bertz CT molecular complexity index is 2020. The largest absolute Gasteiger partial charge is 0.493 e. The monoisotopic (exact) mass is 757 g/mol. The maximum Gasteiger partial charge on any atom is 0.415 e. The number of aromatic nitrogens is 2.